The molecule has 1 unspecified atom stereocenters. The van der Waals surface area contributed by atoms with E-state index in [2.05, 4.69) is 0 Å². The van der Waals surface area contributed by atoms with Gasteiger partial charge in [0, 0.05) is 44.2 Å². The van der Waals surface area contributed by atoms with Gasteiger partial charge in [0.05, 0.1) is 5.69 Å². The first kappa shape index (κ1) is 19.7. The van der Waals surface area contributed by atoms with Crippen LogP contribution in [-0.2, 0) is 16.1 Å². The minimum Gasteiger partial charge on any atom is -0.366 e. The van der Waals surface area contributed by atoms with Gasteiger partial charge in [0.25, 0.3) is 0 Å². The standard InChI is InChI=1S/C22H23ClFN3O2/c23-17-6-2-1-5-16(17)15-27-20(9-10-21(27)28)22(29)26-13-11-25(12-14-26)19-8-4-3-7-18(19)24/h1-8,20H,9-15H2. The number of hydrogen-bond acceptors (Lipinski definition) is 3. The van der Waals surface area contributed by atoms with Gasteiger partial charge in [0.1, 0.15) is 11.9 Å². The molecule has 7 heteroatoms. The number of piperazine rings is 1. The fourth-order valence-corrected chi connectivity index (χ4v) is 4.28. The highest BCUT2D eigenvalue weighted by Gasteiger charge is 2.39. The second-order valence-corrected chi connectivity index (χ2v) is 7.84. The van der Waals surface area contributed by atoms with Gasteiger partial charge in [-0.3, -0.25) is 9.59 Å². The summed E-state index contributed by atoms with van der Waals surface area (Å²) in [6.45, 7) is 2.50. The van der Waals surface area contributed by atoms with E-state index in [1.54, 1.807) is 28.0 Å². The van der Waals surface area contributed by atoms with Crippen LogP contribution in [0.2, 0.25) is 5.02 Å². The Kier molecular flexibility index (Phi) is 5.72. The maximum atomic E-state index is 14.0. The molecule has 0 bridgehead atoms. The zero-order valence-electron chi connectivity index (χ0n) is 16.1. The summed E-state index contributed by atoms with van der Waals surface area (Å²) in [6, 6.07) is 13.6. The van der Waals surface area contributed by atoms with Crippen LogP contribution in [0.3, 0.4) is 0 Å². The predicted octanol–water partition coefficient (Wildman–Crippen LogP) is 3.32. The van der Waals surface area contributed by atoms with Crippen molar-refractivity contribution < 1.29 is 14.0 Å². The molecule has 0 saturated carbocycles. The minimum absolute atomic E-state index is 0.0201. The van der Waals surface area contributed by atoms with Crippen molar-refractivity contribution >= 4 is 29.1 Å². The van der Waals surface area contributed by atoms with Gasteiger partial charge in [-0.05, 0) is 30.2 Å². The monoisotopic (exact) mass is 415 g/mol. The number of benzene rings is 2. The highest BCUT2D eigenvalue weighted by molar-refractivity contribution is 6.31. The predicted molar refractivity (Wildman–Crippen MR) is 110 cm³/mol. The quantitative estimate of drug-likeness (QED) is 0.769. The topological polar surface area (TPSA) is 43.9 Å². The Balaban J connectivity index is 1.42. The number of amides is 2. The number of hydrogen-bond donors (Lipinski definition) is 0. The van der Waals surface area contributed by atoms with Crippen LogP contribution < -0.4 is 4.90 Å². The van der Waals surface area contributed by atoms with Gasteiger partial charge in [-0.2, -0.15) is 0 Å². The highest BCUT2D eigenvalue weighted by atomic mass is 35.5. The van der Waals surface area contributed by atoms with Crippen molar-refractivity contribution in [2.24, 2.45) is 0 Å². The Bertz CT molecular complexity index is 914. The van der Waals surface area contributed by atoms with E-state index in [1.165, 1.54) is 6.07 Å². The van der Waals surface area contributed by atoms with Crippen molar-refractivity contribution in [2.45, 2.75) is 25.4 Å². The van der Waals surface area contributed by atoms with Crippen molar-refractivity contribution in [1.29, 1.82) is 0 Å². The molecule has 2 aromatic carbocycles. The van der Waals surface area contributed by atoms with Crippen LogP contribution in [0, 0.1) is 5.82 Å². The lowest BCUT2D eigenvalue weighted by Crippen LogP contribution is -2.54. The third kappa shape index (κ3) is 4.08. The lowest BCUT2D eigenvalue weighted by molar-refractivity contribution is -0.142. The average Bonchev–Trinajstić information content (AvgIpc) is 3.10. The first-order chi connectivity index (χ1) is 14.0. The molecule has 2 aliphatic rings. The van der Waals surface area contributed by atoms with Crippen molar-refractivity contribution in [3.63, 3.8) is 0 Å². The molecule has 2 heterocycles. The normalized spacial score (nSPS) is 19.7. The Morgan fingerprint density at radius 1 is 1.03 bits per heavy atom. The van der Waals surface area contributed by atoms with Gasteiger partial charge >= 0.3 is 0 Å². The Labute approximate surface area is 174 Å². The second-order valence-electron chi connectivity index (χ2n) is 7.43. The van der Waals surface area contributed by atoms with Crippen LogP contribution in [0.4, 0.5) is 10.1 Å². The van der Waals surface area contributed by atoms with E-state index in [9.17, 15) is 14.0 Å². The number of halogens is 2. The van der Waals surface area contributed by atoms with Crippen molar-refractivity contribution in [3.8, 4) is 0 Å². The van der Waals surface area contributed by atoms with Gasteiger partial charge in [-0.15, -0.1) is 0 Å². The van der Waals surface area contributed by atoms with Crippen molar-refractivity contribution in [3.05, 3.63) is 64.9 Å². The van der Waals surface area contributed by atoms with E-state index in [4.69, 9.17) is 11.6 Å². The zero-order chi connectivity index (χ0) is 20.4. The molecule has 0 aliphatic carbocycles. The van der Waals surface area contributed by atoms with Crippen LogP contribution >= 0.6 is 11.6 Å². The fourth-order valence-electron chi connectivity index (χ4n) is 4.09. The molecule has 2 fully saturated rings. The number of carbonyl (C=O) groups excluding carboxylic acids is 2. The van der Waals surface area contributed by atoms with Crippen LogP contribution in [0.15, 0.2) is 48.5 Å². The van der Waals surface area contributed by atoms with Crippen molar-refractivity contribution in [1.82, 2.24) is 9.80 Å². The highest BCUT2D eigenvalue weighted by Crippen LogP contribution is 2.27. The minimum atomic E-state index is -0.459. The number of anilines is 1. The van der Waals surface area contributed by atoms with Crippen LogP contribution in [0.1, 0.15) is 18.4 Å². The molecule has 5 nitrogen and oxygen atoms in total. The van der Waals surface area contributed by atoms with Gasteiger partial charge in [-0.25, -0.2) is 4.39 Å². The number of para-hydroxylation sites is 1. The molecule has 0 aromatic heterocycles. The van der Waals surface area contributed by atoms with Crippen molar-refractivity contribution in [2.75, 3.05) is 31.1 Å². The summed E-state index contributed by atoms with van der Waals surface area (Å²) in [5, 5.41) is 0.594. The van der Waals surface area contributed by atoms with Gasteiger partial charge in [-0.1, -0.05) is 41.9 Å². The summed E-state index contributed by atoms with van der Waals surface area (Å²) >= 11 is 6.24. The summed E-state index contributed by atoms with van der Waals surface area (Å²) in [5.41, 5.74) is 1.41. The number of carbonyl (C=O) groups is 2. The summed E-state index contributed by atoms with van der Waals surface area (Å²) < 4.78 is 14.0. The number of likely N-dealkylation sites (tertiary alicyclic amines) is 1. The first-order valence-corrected chi connectivity index (χ1v) is 10.2. The van der Waals surface area contributed by atoms with E-state index in [-0.39, 0.29) is 17.6 Å². The molecule has 4 rings (SSSR count). The second kappa shape index (κ2) is 8.41. The fraction of sp³-hybridized carbons (Fsp3) is 0.364. The zero-order valence-corrected chi connectivity index (χ0v) is 16.8. The maximum Gasteiger partial charge on any atom is 0.245 e. The summed E-state index contributed by atoms with van der Waals surface area (Å²) in [5.74, 6) is -0.302. The van der Waals surface area contributed by atoms with Crippen LogP contribution in [0.25, 0.3) is 0 Å². The van der Waals surface area contributed by atoms with E-state index in [1.807, 2.05) is 29.2 Å². The maximum absolute atomic E-state index is 14.0. The number of rotatable bonds is 4. The molecule has 152 valence electrons. The SMILES string of the molecule is O=C(C1CCC(=O)N1Cc1ccccc1Cl)N1CCN(c2ccccc2F)CC1. The number of nitrogens with zero attached hydrogens (tertiary/aromatic N) is 3. The van der Waals surface area contributed by atoms with Gasteiger partial charge in [0.15, 0.2) is 0 Å². The van der Waals surface area contributed by atoms with Crippen LogP contribution in [0.5, 0.6) is 0 Å². The van der Waals surface area contributed by atoms with E-state index in [0.717, 1.165) is 5.56 Å². The molecule has 0 spiro atoms. The molecule has 0 radical (unpaired) electrons. The average molecular weight is 416 g/mol. The molecule has 2 amide bonds. The summed E-state index contributed by atoms with van der Waals surface area (Å²) in [4.78, 5) is 31.0. The van der Waals surface area contributed by atoms with Gasteiger partial charge in [0.2, 0.25) is 11.8 Å². The first-order valence-electron chi connectivity index (χ1n) is 9.86. The summed E-state index contributed by atoms with van der Waals surface area (Å²) in [7, 11) is 0. The molecule has 0 N–H and O–H groups in total. The molecule has 1 atom stereocenters. The van der Waals surface area contributed by atoms with Crippen LogP contribution in [-0.4, -0.2) is 53.8 Å². The smallest absolute Gasteiger partial charge is 0.245 e. The van der Waals surface area contributed by atoms with Gasteiger partial charge < -0.3 is 14.7 Å². The molecular formula is C22H23ClFN3O2. The van der Waals surface area contributed by atoms with E-state index < -0.39 is 6.04 Å². The molecule has 29 heavy (non-hydrogen) atoms. The third-order valence-electron chi connectivity index (χ3n) is 5.70. The molecule has 2 aromatic rings. The molecule has 2 saturated heterocycles. The molecule has 2 aliphatic heterocycles. The summed E-state index contributed by atoms with van der Waals surface area (Å²) in [6.07, 6.45) is 0.895. The lowest BCUT2D eigenvalue weighted by atomic mass is 10.1. The largest absolute Gasteiger partial charge is 0.366 e. The lowest BCUT2D eigenvalue weighted by Gasteiger charge is -2.38. The van der Waals surface area contributed by atoms with E-state index in [0.29, 0.717) is 56.3 Å². The third-order valence-corrected chi connectivity index (χ3v) is 6.07. The van der Waals surface area contributed by atoms with E-state index >= 15 is 0 Å². The molecular weight excluding hydrogens is 393 g/mol. The Morgan fingerprint density at radius 3 is 2.45 bits per heavy atom. The Hall–Kier alpha value is -2.60. The Morgan fingerprint density at radius 2 is 1.72 bits per heavy atom.